The van der Waals surface area contributed by atoms with Crippen molar-refractivity contribution >= 4 is 54.9 Å². The minimum absolute atomic E-state index is 0.557. The maximum absolute atomic E-state index is 6.41. The standard InChI is InChI=1S/C45H25N5O3/c1-3-9-27(10-4-1)41-48-42(28-16-18-30(19-17-28)44-46-33-13-7-8-14-34(33)52-44)50-43(49-41)31-20-15-26-21-22-35-38(32(26)25-31)39-36(51-35)23-24-37-40(39)47-45(53-37)29-11-5-2-6-12-29/h1-25H. The van der Waals surface area contributed by atoms with Crippen molar-refractivity contribution in [1.29, 1.82) is 0 Å². The van der Waals surface area contributed by atoms with E-state index in [1.165, 1.54) is 0 Å². The molecule has 0 aliphatic rings. The van der Waals surface area contributed by atoms with Crippen LogP contribution in [0.1, 0.15) is 0 Å². The first-order valence-electron chi connectivity index (χ1n) is 17.2. The molecule has 0 bridgehead atoms. The first kappa shape index (κ1) is 29.3. The summed E-state index contributed by atoms with van der Waals surface area (Å²) in [4.78, 5) is 24.7. The summed E-state index contributed by atoms with van der Waals surface area (Å²) < 4.78 is 18.7. The number of benzene rings is 7. The van der Waals surface area contributed by atoms with Crippen LogP contribution in [0.5, 0.6) is 0 Å². The lowest BCUT2D eigenvalue weighted by Gasteiger charge is -2.10. The number of hydrogen-bond donors (Lipinski definition) is 0. The average Bonchev–Trinajstić information content (AvgIpc) is 3.97. The van der Waals surface area contributed by atoms with Crippen LogP contribution in [0.3, 0.4) is 0 Å². The fourth-order valence-corrected chi connectivity index (χ4v) is 7.01. The molecule has 0 saturated heterocycles. The molecule has 0 atom stereocenters. The molecule has 8 heteroatoms. The minimum Gasteiger partial charge on any atom is -0.456 e. The smallest absolute Gasteiger partial charge is 0.227 e. The number of para-hydroxylation sites is 2. The van der Waals surface area contributed by atoms with E-state index >= 15 is 0 Å². The molecule has 248 valence electrons. The summed E-state index contributed by atoms with van der Waals surface area (Å²) in [5.74, 6) is 2.83. The highest BCUT2D eigenvalue weighted by Crippen LogP contribution is 2.41. The Hall–Kier alpha value is -7.45. The molecule has 0 aliphatic heterocycles. The zero-order valence-electron chi connectivity index (χ0n) is 27.9. The topological polar surface area (TPSA) is 104 Å². The number of hydrogen-bond acceptors (Lipinski definition) is 8. The first-order chi connectivity index (χ1) is 26.2. The van der Waals surface area contributed by atoms with E-state index in [4.69, 9.17) is 33.2 Å². The van der Waals surface area contributed by atoms with E-state index in [0.717, 1.165) is 77.1 Å². The summed E-state index contributed by atoms with van der Waals surface area (Å²) in [5.41, 5.74) is 8.90. The lowest BCUT2D eigenvalue weighted by molar-refractivity contribution is 0.619. The molecule has 0 unspecified atom stereocenters. The Morgan fingerprint density at radius 1 is 0.340 bits per heavy atom. The second-order valence-electron chi connectivity index (χ2n) is 12.9. The molecule has 0 radical (unpaired) electrons. The zero-order chi connectivity index (χ0) is 34.9. The summed E-state index contributed by atoms with van der Waals surface area (Å²) in [6.45, 7) is 0. The molecule has 11 rings (SSSR count). The Morgan fingerprint density at radius 3 is 1.64 bits per heavy atom. The van der Waals surface area contributed by atoms with E-state index < -0.39 is 0 Å². The second kappa shape index (κ2) is 11.5. The van der Waals surface area contributed by atoms with Crippen molar-refractivity contribution < 1.29 is 13.3 Å². The minimum atomic E-state index is 0.557. The number of rotatable bonds is 5. The van der Waals surface area contributed by atoms with Crippen molar-refractivity contribution in [1.82, 2.24) is 24.9 Å². The van der Waals surface area contributed by atoms with Gasteiger partial charge in [-0.3, -0.25) is 0 Å². The van der Waals surface area contributed by atoms with E-state index in [0.29, 0.717) is 34.8 Å². The fraction of sp³-hybridized carbons (Fsp3) is 0. The molecular formula is C45H25N5O3. The van der Waals surface area contributed by atoms with Gasteiger partial charge < -0.3 is 13.3 Å². The van der Waals surface area contributed by atoms with E-state index in [1.54, 1.807) is 0 Å². The van der Waals surface area contributed by atoms with Gasteiger partial charge in [0.25, 0.3) is 0 Å². The summed E-state index contributed by atoms with van der Waals surface area (Å²) in [6.07, 6.45) is 0. The zero-order valence-corrected chi connectivity index (χ0v) is 27.9. The van der Waals surface area contributed by atoms with E-state index in [-0.39, 0.29) is 0 Å². The van der Waals surface area contributed by atoms with Gasteiger partial charge in [-0.15, -0.1) is 0 Å². The predicted octanol–water partition coefficient (Wildman–Crippen LogP) is 11.5. The Balaban J connectivity index is 1.07. The third kappa shape index (κ3) is 4.88. The van der Waals surface area contributed by atoms with Crippen LogP contribution >= 0.6 is 0 Å². The maximum atomic E-state index is 6.41. The lowest BCUT2D eigenvalue weighted by Crippen LogP contribution is -2.00. The highest BCUT2D eigenvalue weighted by atomic mass is 16.4. The van der Waals surface area contributed by atoms with Crippen molar-refractivity contribution in [2.24, 2.45) is 0 Å². The Morgan fingerprint density at radius 2 is 0.868 bits per heavy atom. The van der Waals surface area contributed by atoms with Crippen molar-refractivity contribution in [3.8, 4) is 57.1 Å². The Kier molecular flexibility index (Phi) is 6.38. The van der Waals surface area contributed by atoms with Gasteiger partial charge in [0.2, 0.25) is 11.8 Å². The molecule has 11 aromatic rings. The molecule has 7 aromatic carbocycles. The van der Waals surface area contributed by atoms with Crippen LogP contribution in [0.4, 0.5) is 0 Å². The van der Waals surface area contributed by atoms with Crippen molar-refractivity contribution in [3.05, 3.63) is 152 Å². The summed E-state index contributed by atoms with van der Waals surface area (Å²) in [5, 5.41) is 3.93. The average molecular weight is 684 g/mol. The lowest BCUT2D eigenvalue weighted by atomic mass is 10.0. The molecule has 0 amide bonds. The molecule has 8 nitrogen and oxygen atoms in total. The van der Waals surface area contributed by atoms with Crippen LogP contribution in [0.2, 0.25) is 0 Å². The normalized spacial score (nSPS) is 11.8. The highest BCUT2D eigenvalue weighted by Gasteiger charge is 2.20. The molecule has 0 aliphatic carbocycles. The second-order valence-corrected chi connectivity index (χ2v) is 12.9. The largest absolute Gasteiger partial charge is 0.456 e. The SMILES string of the molecule is c1ccc(-c2nc(-c3ccc(-c4nc5ccccc5o4)cc3)nc(-c3ccc4ccc5oc6ccc7oc(-c8ccccc8)nc7c6c5c4c3)n2)cc1. The molecule has 4 aromatic heterocycles. The van der Waals surface area contributed by atoms with E-state index in [1.807, 2.05) is 127 Å². The van der Waals surface area contributed by atoms with Gasteiger partial charge in [0, 0.05) is 33.2 Å². The van der Waals surface area contributed by atoms with Crippen LogP contribution in [0.25, 0.3) is 112 Å². The van der Waals surface area contributed by atoms with Crippen molar-refractivity contribution in [3.63, 3.8) is 0 Å². The van der Waals surface area contributed by atoms with Crippen LogP contribution in [-0.4, -0.2) is 24.9 Å². The molecule has 0 fully saturated rings. The number of oxazole rings is 2. The maximum Gasteiger partial charge on any atom is 0.227 e. The van der Waals surface area contributed by atoms with Gasteiger partial charge in [0.1, 0.15) is 22.2 Å². The summed E-state index contributed by atoms with van der Waals surface area (Å²) >= 11 is 0. The van der Waals surface area contributed by atoms with Gasteiger partial charge in [-0.25, -0.2) is 24.9 Å². The third-order valence-corrected chi connectivity index (χ3v) is 9.61. The fourth-order valence-electron chi connectivity index (χ4n) is 7.01. The predicted molar refractivity (Wildman–Crippen MR) is 207 cm³/mol. The van der Waals surface area contributed by atoms with Gasteiger partial charge >= 0.3 is 0 Å². The van der Waals surface area contributed by atoms with Gasteiger partial charge in [0.15, 0.2) is 28.6 Å². The van der Waals surface area contributed by atoms with Gasteiger partial charge in [0.05, 0.1) is 5.39 Å². The summed E-state index contributed by atoms with van der Waals surface area (Å²) in [7, 11) is 0. The molecule has 0 saturated carbocycles. The molecule has 0 spiro atoms. The number of aromatic nitrogens is 5. The summed E-state index contributed by atoms with van der Waals surface area (Å²) in [6, 6.07) is 49.8. The molecule has 0 N–H and O–H groups in total. The van der Waals surface area contributed by atoms with Crippen LogP contribution in [0.15, 0.2) is 165 Å². The Labute approximate surface area is 301 Å². The van der Waals surface area contributed by atoms with Gasteiger partial charge in [-0.1, -0.05) is 91.0 Å². The van der Waals surface area contributed by atoms with Crippen molar-refractivity contribution in [2.75, 3.05) is 0 Å². The monoisotopic (exact) mass is 683 g/mol. The van der Waals surface area contributed by atoms with Crippen LogP contribution in [0, 0.1) is 0 Å². The molecular weight excluding hydrogens is 659 g/mol. The Bertz CT molecular complexity index is 3130. The van der Waals surface area contributed by atoms with Gasteiger partial charge in [-0.05, 0) is 71.4 Å². The van der Waals surface area contributed by atoms with Crippen LogP contribution < -0.4 is 0 Å². The third-order valence-electron chi connectivity index (χ3n) is 9.61. The number of furan rings is 1. The number of nitrogens with zero attached hydrogens (tertiary/aromatic N) is 5. The molecule has 53 heavy (non-hydrogen) atoms. The quantitative estimate of drug-likeness (QED) is 0.176. The van der Waals surface area contributed by atoms with Gasteiger partial charge in [-0.2, -0.15) is 0 Å². The van der Waals surface area contributed by atoms with Crippen LogP contribution in [-0.2, 0) is 0 Å². The van der Waals surface area contributed by atoms with E-state index in [9.17, 15) is 0 Å². The van der Waals surface area contributed by atoms with E-state index in [2.05, 4.69) is 29.2 Å². The molecule has 4 heterocycles. The highest BCUT2D eigenvalue weighted by molar-refractivity contribution is 6.25. The van der Waals surface area contributed by atoms with Crippen molar-refractivity contribution in [2.45, 2.75) is 0 Å². The first-order valence-corrected chi connectivity index (χ1v) is 17.2. The number of fused-ring (bicyclic) bond motifs is 8.